The van der Waals surface area contributed by atoms with Crippen molar-refractivity contribution in [3.8, 4) is 5.75 Å². The Morgan fingerprint density at radius 3 is 2.37 bits per heavy atom. The molecule has 0 saturated carbocycles. The lowest BCUT2D eigenvalue weighted by molar-refractivity contribution is 0.00642. The maximum Gasteiger partial charge on any atom is 0.410 e. The monoisotopic (exact) mass is 503 g/mol. The molecule has 188 valence electrons. The molecule has 1 amide bonds. The fourth-order valence-electron chi connectivity index (χ4n) is 4.85. The summed E-state index contributed by atoms with van der Waals surface area (Å²) in [6.45, 7) is 5.74. The number of ether oxygens (including phenoxy) is 3. The van der Waals surface area contributed by atoms with Gasteiger partial charge in [-0.05, 0) is 64.0 Å². The number of rotatable bonds is 6. The number of piperidine rings is 1. The Bertz CT molecular complexity index is 1060. The Morgan fingerprint density at radius 2 is 1.74 bits per heavy atom. The summed E-state index contributed by atoms with van der Waals surface area (Å²) in [6.07, 6.45) is 3.16. The number of hydrogen-bond acceptors (Lipinski definition) is 5. The van der Waals surface area contributed by atoms with Gasteiger partial charge < -0.3 is 19.1 Å². The van der Waals surface area contributed by atoms with Crippen molar-refractivity contribution in [3.63, 3.8) is 0 Å². The second-order valence-corrected chi connectivity index (χ2v) is 10.7. The van der Waals surface area contributed by atoms with Crippen molar-refractivity contribution in [1.82, 2.24) is 4.90 Å². The number of hydrogen-bond donors (Lipinski definition) is 0. The van der Waals surface area contributed by atoms with Crippen molar-refractivity contribution in [3.05, 3.63) is 64.4 Å². The van der Waals surface area contributed by atoms with Crippen LogP contribution in [0.5, 0.6) is 5.75 Å². The van der Waals surface area contributed by atoms with Crippen molar-refractivity contribution in [2.75, 3.05) is 6.61 Å². The molecule has 2 saturated heterocycles. The molecule has 8 heteroatoms. The van der Waals surface area contributed by atoms with E-state index in [1.807, 2.05) is 35.2 Å². The van der Waals surface area contributed by atoms with Crippen molar-refractivity contribution >= 4 is 23.7 Å². The number of esters is 1. The fraction of sp³-hybridized carbons (Fsp3) is 0.481. The summed E-state index contributed by atoms with van der Waals surface area (Å²) in [5.74, 6) is -1.12. The van der Waals surface area contributed by atoms with Crippen LogP contribution in [0.2, 0.25) is 5.02 Å². The highest BCUT2D eigenvalue weighted by atomic mass is 35.5. The number of nitrogens with zero attached hydrogens (tertiary/aromatic N) is 1. The fourth-order valence-corrected chi connectivity index (χ4v) is 5.07. The first kappa shape index (κ1) is 25.3. The second kappa shape index (κ2) is 10.4. The highest BCUT2D eigenvalue weighted by Gasteiger charge is 2.44. The maximum atomic E-state index is 14.6. The van der Waals surface area contributed by atoms with Crippen molar-refractivity contribution in [2.45, 2.75) is 70.7 Å². The van der Waals surface area contributed by atoms with Crippen LogP contribution in [0.4, 0.5) is 9.18 Å². The van der Waals surface area contributed by atoms with Crippen molar-refractivity contribution < 1.29 is 28.2 Å². The summed E-state index contributed by atoms with van der Waals surface area (Å²) in [4.78, 5) is 26.9. The van der Waals surface area contributed by atoms with Gasteiger partial charge in [0.15, 0.2) is 0 Å². The van der Waals surface area contributed by atoms with Gasteiger partial charge in [0.2, 0.25) is 0 Å². The topological polar surface area (TPSA) is 65.1 Å². The van der Waals surface area contributed by atoms with Crippen LogP contribution in [0.25, 0.3) is 0 Å². The third-order valence-electron chi connectivity index (χ3n) is 6.36. The third kappa shape index (κ3) is 6.26. The summed E-state index contributed by atoms with van der Waals surface area (Å²) < 4.78 is 31.3. The third-order valence-corrected chi connectivity index (χ3v) is 6.66. The molecule has 4 rings (SSSR count). The molecule has 0 aliphatic carbocycles. The molecule has 2 aromatic carbocycles. The lowest BCUT2D eigenvalue weighted by atomic mass is 9.91. The van der Waals surface area contributed by atoms with Gasteiger partial charge in [-0.2, -0.15) is 0 Å². The molecule has 2 aliphatic heterocycles. The van der Waals surface area contributed by atoms with Gasteiger partial charge in [0, 0.05) is 18.2 Å². The Morgan fingerprint density at radius 1 is 1.09 bits per heavy atom. The van der Waals surface area contributed by atoms with E-state index in [1.54, 1.807) is 20.8 Å². The highest BCUT2D eigenvalue weighted by Crippen LogP contribution is 2.40. The van der Waals surface area contributed by atoms with E-state index in [9.17, 15) is 14.0 Å². The Hall–Kier alpha value is -2.80. The normalized spacial score (nSPS) is 21.5. The standard InChI is InChI=1S/C27H31ClFNO5/c1-27(2,3)35-25(31)21-13-22(28)24(14-23(21)29)33-16-18-11-19-9-10-20(12-18)30(19)26(32)34-15-17-7-5-4-6-8-17/h4-8,13-14,18-20H,9-12,15-16H2,1-3H3/t18-,19-,20+. The number of carbonyl (C=O) groups is 2. The zero-order valence-corrected chi connectivity index (χ0v) is 21.0. The summed E-state index contributed by atoms with van der Waals surface area (Å²) >= 11 is 6.29. The molecular formula is C27H31ClFNO5. The molecule has 0 aromatic heterocycles. The van der Waals surface area contributed by atoms with E-state index in [0.717, 1.165) is 37.3 Å². The van der Waals surface area contributed by atoms with Crippen LogP contribution in [0, 0.1) is 11.7 Å². The van der Waals surface area contributed by atoms with E-state index in [-0.39, 0.29) is 47.0 Å². The number of fused-ring (bicyclic) bond motifs is 2. The highest BCUT2D eigenvalue weighted by molar-refractivity contribution is 6.32. The van der Waals surface area contributed by atoms with Gasteiger partial charge in [0.05, 0.1) is 17.2 Å². The largest absolute Gasteiger partial charge is 0.492 e. The molecule has 2 aliphatic rings. The SMILES string of the molecule is CC(C)(C)OC(=O)c1cc(Cl)c(OC[C@@H]2C[C@H]3CC[C@@H](C2)N3C(=O)OCc2ccccc2)cc1F. The average molecular weight is 504 g/mol. The first-order valence-electron chi connectivity index (χ1n) is 11.9. The summed E-state index contributed by atoms with van der Waals surface area (Å²) in [7, 11) is 0. The predicted molar refractivity (Wildman–Crippen MR) is 130 cm³/mol. The quantitative estimate of drug-likeness (QED) is 0.427. The lowest BCUT2D eigenvalue weighted by Gasteiger charge is -2.38. The van der Waals surface area contributed by atoms with E-state index in [4.69, 9.17) is 25.8 Å². The van der Waals surface area contributed by atoms with E-state index >= 15 is 0 Å². The molecule has 0 unspecified atom stereocenters. The molecule has 0 radical (unpaired) electrons. The predicted octanol–water partition coefficient (Wildman–Crippen LogP) is 6.39. The number of halogens is 2. The van der Waals surface area contributed by atoms with Gasteiger partial charge in [0.25, 0.3) is 0 Å². The maximum absolute atomic E-state index is 14.6. The van der Waals surface area contributed by atoms with E-state index in [0.29, 0.717) is 6.61 Å². The van der Waals surface area contributed by atoms with Crippen LogP contribution in [0.3, 0.4) is 0 Å². The molecule has 6 nitrogen and oxygen atoms in total. The van der Waals surface area contributed by atoms with Gasteiger partial charge in [-0.15, -0.1) is 0 Å². The Balaban J connectivity index is 1.32. The molecule has 2 bridgehead atoms. The zero-order valence-electron chi connectivity index (χ0n) is 20.3. The number of amides is 1. The molecule has 3 atom stereocenters. The lowest BCUT2D eigenvalue weighted by Crippen LogP contribution is -2.47. The van der Waals surface area contributed by atoms with Crippen molar-refractivity contribution in [1.29, 1.82) is 0 Å². The molecule has 2 heterocycles. The van der Waals surface area contributed by atoms with Crippen LogP contribution in [0.15, 0.2) is 42.5 Å². The van der Waals surface area contributed by atoms with E-state index < -0.39 is 17.4 Å². The molecule has 2 aromatic rings. The summed E-state index contributed by atoms with van der Waals surface area (Å²) in [6, 6.07) is 12.2. The van der Waals surface area contributed by atoms with Crippen LogP contribution in [0.1, 0.15) is 62.4 Å². The van der Waals surface area contributed by atoms with Crippen LogP contribution >= 0.6 is 11.6 Å². The minimum absolute atomic E-state index is 0.104. The van der Waals surface area contributed by atoms with E-state index in [2.05, 4.69) is 0 Å². The molecule has 0 spiro atoms. The van der Waals surface area contributed by atoms with Crippen molar-refractivity contribution in [2.24, 2.45) is 5.92 Å². The van der Waals surface area contributed by atoms with Gasteiger partial charge in [-0.3, -0.25) is 0 Å². The number of carbonyl (C=O) groups excluding carboxylic acids is 2. The van der Waals surface area contributed by atoms with Crippen LogP contribution in [-0.2, 0) is 16.1 Å². The molecule has 2 fully saturated rings. The Labute approximate surface area is 210 Å². The van der Waals surface area contributed by atoms with Gasteiger partial charge in [0.1, 0.15) is 23.8 Å². The second-order valence-electron chi connectivity index (χ2n) is 10.2. The molecule has 35 heavy (non-hydrogen) atoms. The minimum atomic E-state index is -0.772. The molecular weight excluding hydrogens is 473 g/mol. The Kier molecular flexibility index (Phi) is 7.55. The summed E-state index contributed by atoms with van der Waals surface area (Å²) in [5.41, 5.74) is -0.0104. The van der Waals surface area contributed by atoms with Crippen LogP contribution in [-0.4, -0.2) is 41.3 Å². The average Bonchev–Trinajstić information content (AvgIpc) is 3.07. The first-order chi connectivity index (χ1) is 16.6. The van der Waals surface area contributed by atoms with E-state index in [1.165, 1.54) is 6.07 Å². The van der Waals surface area contributed by atoms with Gasteiger partial charge >= 0.3 is 12.1 Å². The van der Waals surface area contributed by atoms with Gasteiger partial charge in [-0.1, -0.05) is 41.9 Å². The van der Waals surface area contributed by atoms with Gasteiger partial charge in [-0.25, -0.2) is 14.0 Å². The molecule has 0 N–H and O–H groups in total. The number of benzene rings is 2. The first-order valence-corrected chi connectivity index (χ1v) is 12.3. The van der Waals surface area contributed by atoms with Crippen LogP contribution < -0.4 is 4.74 Å². The summed E-state index contributed by atoms with van der Waals surface area (Å²) in [5, 5.41) is 0.150. The minimum Gasteiger partial charge on any atom is -0.492 e. The zero-order chi connectivity index (χ0) is 25.2. The smallest absolute Gasteiger partial charge is 0.410 e.